The van der Waals surface area contributed by atoms with Crippen LogP contribution in [0.25, 0.3) is 0 Å². The Bertz CT molecular complexity index is 542. The first-order valence-electron chi connectivity index (χ1n) is 6.74. The molecule has 0 aromatic heterocycles. The summed E-state index contributed by atoms with van der Waals surface area (Å²) >= 11 is 0. The molecule has 0 saturated carbocycles. The van der Waals surface area contributed by atoms with Gasteiger partial charge in [-0.3, -0.25) is 0 Å². The Morgan fingerprint density at radius 2 is 2.11 bits per heavy atom. The molecule has 2 atom stereocenters. The van der Waals surface area contributed by atoms with E-state index in [2.05, 4.69) is 6.92 Å². The fraction of sp³-hybridized carbons (Fsp3) is 0.571. The number of nitrogens with two attached hydrogens (primary N) is 1. The van der Waals surface area contributed by atoms with Crippen LogP contribution in [0.4, 0.5) is 5.69 Å². The van der Waals surface area contributed by atoms with E-state index < -0.39 is 10.0 Å². The van der Waals surface area contributed by atoms with Crippen LogP contribution in [0.3, 0.4) is 0 Å². The number of anilines is 1. The van der Waals surface area contributed by atoms with Crippen LogP contribution < -0.4 is 5.73 Å². The molecule has 2 N–H and O–H groups in total. The summed E-state index contributed by atoms with van der Waals surface area (Å²) < 4.78 is 26.7. The van der Waals surface area contributed by atoms with Crippen molar-refractivity contribution in [2.75, 3.05) is 12.3 Å². The third kappa shape index (κ3) is 3.28. The van der Waals surface area contributed by atoms with Gasteiger partial charge < -0.3 is 5.73 Å². The van der Waals surface area contributed by atoms with Crippen molar-refractivity contribution in [1.29, 1.82) is 0 Å². The Kier molecular flexibility index (Phi) is 4.16. The molecule has 0 aliphatic carbocycles. The van der Waals surface area contributed by atoms with Gasteiger partial charge in [-0.1, -0.05) is 19.1 Å². The van der Waals surface area contributed by atoms with Crippen LogP contribution in [0.1, 0.15) is 32.3 Å². The highest BCUT2D eigenvalue weighted by atomic mass is 32.2. The number of hydrogen-bond acceptors (Lipinski definition) is 3. The lowest BCUT2D eigenvalue weighted by Gasteiger charge is -2.36. The van der Waals surface area contributed by atoms with Crippen LogP contribution in [0.2, 0.25) is 0 Å². The van der Waals surface area contributed by atoms with E-state index in [1.807, 2.05) is 13.0 Å². The third-order valence-corrected chi connectivity index (χ3v) is 5.90. The average Bonchev–Trinajstić information content (AvgIpc) is 2.32. The standard InChI is InChI=1S/C14H22N2O2S/c1-11-5-4-8-16(12(11)2)19(17,18)10-13-6-3-7-14(15)9-13/h3,6-7,9,11-12H,4-5,8,10,15H2,1-2H3. The Morgan fingerprint density at radius 1 is 1.37 bits per heavy atom. The van der Waals surface area contributed by atoms with E-state index in [9.17, 15) is 8.42 Å². The minimum absolute atomic E-state index is 0.0368. The highest BCUT2D eigenvalue weighted by Crippen LogP contribution is 2.27. The molecule has 1 fully saturated rings. The van der Waals surface area contributed by atoms with Crippen LogP contribution in [-0.2, 0) is 15.8 Å². The molecule has 2 unspecified atom stereocenters. The van der Waals surface area contributed by atoms with Crippen molar-refractivity contribution in [2.45, 2.75) is 38.5 Å². The van der Waals surface area contributed by atoms with Gasteiger partial charge in [-0.05, 0) is 43.4 Å². The molecule has 2 rings (SSSR count). The molecule has 1 heterocycles. The van der Waals surface area contributed by atoms with E-state index in [4.69, 9.17) is 5.73 Å². The molecule has 106 valence electrons. The van der Waals surface area contributed by atoms with Crippen molar-refractivity contribution in [3.8, 4) is 0 Å². The molecule has 1 aromatic rings. The summed E-state index contributed by atoms with van der Waals surface area (Å²) in [5.74, 6) is 0.458. The summed E-state index contributed by atoms with van der Waals surface area (Å²) in [4.78, 5) is 0. The van der Waals surface area contributed by atoms with Gasteiger partial charge in [-0.15, -0.1) is 0 Å². The second-order valence-electron chi connectivity index (χ2n) is 5.47. The quantitative estimate of drug-likeness (QED) is 0.865. The van der Waals surface area contributed by atoms with Crippen molar-refractivity contribution in [3.05, 3.63) is 29.8 Å². The smallest absolute Gasteiger partial charge is 0.218 e. The molecule has 0 bridgehead atoms. The largest absolute Gasteiger partial charge is 0.399 e. The van der Waals surface area contributed by atoms with Gasteiger partial charge in [0.05, 0.1) is 5.75 Å². The van der Waals surface area contributed by atoms with Gasteiger partial charge in [0, 0.05) is 18.3 Å². The molecule has 1 aliphatic rings. The number of benzene rings is 1. The van der Waals surface area contributed by atoms with E-state index in [1.165, 1.54) is 0 Å². The topological polar surface area (TPSA) is 63.4 Å². The van der Waals surface area contributed by atoms with Gasteiger partial charge in [-0.2, -0.15) is 4.31 Å². The number of piperidine rings is 1. The summed E-state index contributed by atoms with van der Waals surface area (Å²) in [5.41, 5.74) is 7.06. The van der Waals surface area contributed by atoms with Crippen LogP contribution in [0.5, 0.6) is 0 Å². The predicted octanol–water partition coefficient (Wildman–Crippen LogP) is 2.22. The van der Waals surface area contributed by atoms with E-state index in [1.54, 1.807) is 22.5 Å². The molecule has 5 heteroatoms. The Morgan fingerprint density at radius 3 is 2.79 bits per heavy atom. The normalized spacial score (nSPS) is 25.4. The van der Waals surface area contributed by atoms with Gasteiger partial charge in [0.1, 0.15) is 0 Å². The maximum atomic E-state index is 12.5. The Hall–Kier alpha value is -1.07. The van der Waals surface area contributed by atoms with Crippen LogP contribution >= 0.6 is 0 Å². The van der Waals surface area contributed by atoms with Crippen molar-refractivity contribution < 1.29 is 8.42 Å². The average molecular weight is 282 g/mol. The van der Waals surface area contributed by atoms with Gasteiger partial charge in [0.15, 0.2) is 0 Å². The lowest BCUT2D eigenvalue weighted by molar-refractivity contribution is 0.202. The predicted molar refractivity (Wildman–Crippen MR) is 78.0 cm³/mol. The first kappa shape index (κ1) is 14.3. The van der Waals surface area contributed by atoms with Gasteiger partial charge in [-0.25, -0.2) is 8.42 Å². The molecule has 1 saturated heterocycles. The molecule has 1 aliphatic heterocycles. The maximum Gasteiger partial charge on any atom is 0.218 e. The molecule has 19 heavy (non-hydrogen) atoms. The van der Waals surface area contributed by atoms with Gasteiger partial charge in [0.2, 0.25) is 10.0 Å². The fourth-order valence-electron chi connectivity index (χ4n) is 2.67. The van der Waals surface area contributed by atoms with Crippen LogP contribution in [0.15, 0.2) is 24.3 Å². The van der Waals surface area contributed by atoms with E-state index in [0.717, 1.165) is 18.4 Å². The number of nitrogens with zero attached hydrogens (tertiary/aromatic N) is 1. The number of nitrogen functional groups attached to an aromatic ring is 1. The van der Waals surface area contributed by atoms with E-state index in [0.29, 0.717) is 18.2 Å². The highest BCUT2D eigenvalue weighted by molar-refractivity contribution is 7.88. The summed E-state index contributed by atoms with van der Waals surface area (Å²) in [5, 5.41) is 0. The molecule has 0 spiro atoms. The van der Waals surface area contributed by atoms with E-state index in [-0.39, 0.29) is 11.8 Å². The molecule has 0 amide bonds. The maximum absolute atomic E-state index is 12.5. The lowest BCUT2D eigenvalue weighted by atomic mass is 9.94. The first-order chi connectivity index (χ1) is 8.90. The monoisotopic (exact) mass is 282 g/mol. The molecular formula is C14H22N2O2S. The SMILES string of the molecule is CC1CCCN(S(=O)(=O)Cc2cccc(N)c2)C1C. The zero-order valence-corrected chi connectivity index (χ0v) is 12.4. The zero-order valence-electron chi connectivity index (χ0n) is 11.5. The van der Waals surface area contributed by atoms with Crippen molar-refractivity contribution in [2.24, 2.45) is 5.92 Å². The number of sulfonamides is 1. The highest BCUT2D eigenvalue weighted by Gasteiger charge is 2.33. The minimum Gasteiger partial charge on any atom is -0.399 e. The van der Waals surface area contributed by atoms with Gasteiger partial charge in [0.25, 0.3) is 0 Å². The van der Waals surface area contributed by atoms with Gasteiger partial charge >= 0.3 is 0 Å². The van der Waals surface area contributed by atoms with Crippen molar-refractivity contribution in [3.63, 3.8) is 0 Å². The first-order valence-corrected chi connectivity index (χ1v) is 8.35. The number of hydrogen-bond donors (Lipinski definition) is 1. The van der Waals surface area contributed by atoms with Crippen LogP contribution in [-0.4, -0.2) is 25.3 Å². The molecule has 1 aromatic carbocycles. The summed E-state index contributed by atoms with van der Waals surface area (Å²) in [6, 6.07) is 7.19. The van der Waals surface area contributed by atoms with Crippen LogP contribution in [0, 0.1) is 5.92 Å². The van der Waals surface area contributed by atoms with Crippen molar-refractivity contribution >= 4 is 15.7 Å². The molecule has 4 nitrogen and oxygen atoms in total. The number of rotatable bonds is 3. The minimum atomic E-state index is -3.26. The zero-order chi connectivity index (χ0) is 14.0. The second-order valence-corrected chi connectivity index (χ2v) is 7.39. The Balaban J connectivity index is 2.18. The second kappa shape index (κ2) is 5.51. The summed E-state index contributed by atoms with van der Waals surface area (Å²) in [7, 11) is -3.26. The summed E-state index contributed by atoms with van der Waals surface area (Å²) in [6.07, 6.45) is 2.05. The Labute approximate surface area is 115 Å². The molecular weight excluding hydrogens is 260 g/mol. The lowest BCUT2D eigenvalue weighted by Crippen LogP contribution is -2.46. The summed E-state index contributed by atoms with van der Waals surface area (Å²) in [6.45, 7) is 4.75. The third-order valence-electron chi connectivity index (χ3n) is 3.97. The fourth-order valence-corrected chi connectivity index (χ4v) is 4.55. The van der Waals surface area contributed by atoms with E-state index >= 15 is 0 Å². The van der Waals surface area contributed by atoms with Crippen molar-refractivity contribution in [1.82, 2.24) is 4.31 Å². The molecule has 0 radical (unpaired) electrons.